The second kappa shape index (κ2) is 7.25. The van der Waals surface area contributed by atoms with Gasteiger partial charge in [-0.3, -0.25) is 4.79 Å². The predicted octanol–water partition coefficient (Wildman–Crippen LogP) is -0.404. The highest BCUT2D eigenvalue weighted by atomic mass is 32.2. The van der Waals surface area contributed by atoms with E-state index in [1.807, 2.05) is 0 Å². The second-order valence-electron chi connectivity index (χ2n) is 4.98. The van der Waals surface area contributed by atoms with Gasteiger partial charge in [0, 0.05) is 18.6 Å². The number of amides is 2. The third-order valence-corrected chi connectivity index (χ3v) is 3.03. The van der Waals surface area contributed by atoms with Crippen LogP contribution in [0, 0.1) is 0 Å². The minimum Gasteiger partial charge on any atom is -0.480 e. The lowest BCUT2D eigenvalue weighted by Gasteiger charge is -2.27. The van der Waals surface area contributed by atoms with E-state index in [-0.39, 0.29) is 13.1 Å². The Morgan fingerprint density at radius 3 is 2.35 bits per heavy atom. The number of carbonyl (C=O) groups is 2. The van der Waals surface area contributed by atoms with Crippen LogP contribution < -0.4 is 10.0 Å². The fraction of sp³-hybridized carbons (Fsp3) is 0.636. The zero-order chi connectivity index (χ0) is 16.0. The zero-order valence-corrected chi connectivity index (χ0v) is 12.7. The van der Waals surface area contributed by atoms with Gasteiger partial charge in [-0.1, -0.05) is 6.08 Å². The quantitative estimate of drug-likeness (QED) is 0.528. The lowest BCUT2D eigenvalue weighted by atomic mass is 10.1. The number of carboxylic acids is 1. The molecule has 0 aromatic carbocycles. The molecule has 0 saturated heterocycles. The molecule has 0 radical (unpaired) electrons. The van der Waals surface area contributed by atoms with E-state index in [9.17, 15) is 18.0 Å². The molecule has 0 fully saturated rings. The topological polar surface area (TPSA) is 116 Å². The maximum absolute atomic E-state index is 11.8. The monoisotopic (exact) mass is 307 g/mol. The minimum atomic E-state index is -3.40. The zero-order valence-electron chi connectivity index (χ0n) is 11.8. The van der Waals surface area contributed by atoms with Crippen LogP contribution in [0.3, 0.4) is 0 Å². The van der Waals surface area contributed by atoms with Gasteiger partial charge in [0.25, 0.3) is 0 Å². The summed E-state index contributed by atoms with van der Waals surface area (Å²) in [6.07, 6.45) is 2.42. The van der Waals surface area contributed by atoms with Crippen LogP contribution in [0.25, 0.3) is 0 Å². The molecule has 0 atom stereocenters. The Hall–Kier alpha value is -1.61. The van der Waals surface area contributed by atoms with Crippen LogP contribution in [0.5, 0.6) is 0 Å². The first kappa shape index (κ1) is 18.4. The van der Waals surface area contributed by atoms with Gasteiger partial charge in [0.2, 0.25) is 10.0 Å². The fourth-order valence-corrected chi connectivity index (χ4v) is 2.56. The Kier molecular flexibility index (Phi) is 6.66. The molecule has 0 aromatic heterocycles. The molecule has 9 heteroatoms. The average Bonchev–Trinajstić information content (AvgIpc) is 2.21. The third-order valence-electron chi connectivity index (χ3n) is 2.11. The predicted molar refractivity (Wildman–Crippen MR) is 74.9 cm³/mol. The average molecular weight is 307 g/mol. The van der Waals surface area contributed by atoms with Crippen LogP contribution in [0.1, 0.15) is 13.8 Å². The molecule has 0 aliphatic heterocycles. The second-order valence-corrected chi connectivity index (χ2v) is 6.73. The molecule has 3 N–H and O–H groups in total. The fourth-order valence-electron chi connectivity index (χ4n) is 1.48. The number of aliphatic carboxylic acids is 1. The van der Waals surface area contributed by atoms with Crippen LogP contribution in [-0.2, 0) is 14.8 Å². The normalized spacial score (nSPS) is 11.8. The standard InChI is InChI=1S/C11H21N3O5S/c1-5-6-14(7-9(15)16)10(17)12-8-11(2,3)13-20(4,18)19/h5,13H,1,6-8H2,2-4H3,(H,12,17)(H,15,16). The smallest absolute Gasteiger partial charge is 0.323 e. The first-order chi connectivity index (χ1) is 8.97. The SMILES string of the molecule is C=CCN(CC(=O)O)C(=O)NCC(C)(C)NS(C)(=O)=O. The van der Waals surface area contributed by atoms with E-state index in [1.54, 1.807) is 13.8 Å². The van der Waals surface area contributed by atoms with Crippen LogP contribution >= 0.6 is 0 Å². The molecule has 8 nitrogen and oxygen atoms in total. The van der Waals surface area contributed by atoms with Gasteiger partial charge < -0.3 is 15.3 Å². The Morgan fingerprint density at radius 1 is 1.40 bits per heavy atom. The minimum absolute atomic E-state index is 0.0200. The number of nitrogens with zero attached hydrogens (tertiary/aromatic N) is 1. The summed E-state index contributed by atoms with van der Waals surface area (Å²) in [4.78, 5) is 23.5. The van der Waals surface area contributed by atoms with Gasteiger partial charge in [0.15, 0.2) is 0 Å². The van der Waals surface area contributed by atoms with Gasteiger partial charge in [-0.25, -0.2) is 17.9 Å². The van der Waals surface area contributed by atoms with Gasteiger partial charge in [0.05, 0.1) is 6.26 Å². The van der Waals surface area contributed by atoms with Gasteiger partial charge in [0.1, 0.15) is 6.54 Å². The molecule has 0 unspecified atom stereocenters. The summed E-state index contributed by atoms with van der Waals surface area (Å²) in [7, 11) is -3.40. The third kappa shape index (κ3) is 8.48. The van der Waals surface area contributed by atoms with E-state index >= 15 is 0 Å². The number of nitrogens with one attached hydrogen (secondary N) is 2. The molecular formula is C11H21N3O5S. The molecule has 20 heavy (non-hydrogen) atoms. The molecule has 0 aromatic rings. The number of carbonyl (C=O) groups excluding carboxylic acids is 1. The number of sulfonamides is 1. The summed E-state index contributed by atoms with van der Waals surface area (Å²) < 4.78 is 24.7. The molecule has 2 amide bonds. The highest BCUT2D eigenvalue weighted by Crippen LogP contribution is 2.02. The van der Waals surface area contributed by atoms with Crippen molar-refractivity contribution < 1.29 is 23.1 Å². The Morgan fingerprint density at radius 2 is 1.95 bits per heavy atom. The summed E-state index contributed by atoms with van der Waals surface area (Å²) in [5, 5.41) is 11.2. The Balaban J connectivity index is 4.57. The molecule has 0 aliphatic rings. The molecule has 0 aliphatic carbocycles. The molecule has 0 heterocycles. The molecule has 0 bridgehead atoms. The first-order valence-corrected chi connectivity index (χ1v) is 7.70. The lowest BCUT2D eigenvalue weighted by molar-refractivity contribution is -0.137. The molecule has 0 spiro atoms. The number of carboxylic acid groups (broad SMARTS) is 1. The van der Waals surface area contributed by atoms with Crippen LogP contribution in [-0.4, -0.2) is 61.9 Å². The van der Waals surface area contributed by atoms with E-state index in [0.29, 0.717) is 0 Å². The summed E-state index contributed by atoms with van der Waals surface area (Å²) in [5.74, 6) is -1.14. The van der Waals surface area contributed by atoms with E-state index in [4.69, 9.17) is 5.11 Å². The molecule has 0 saturated carbocycles. The van der Waals surface area contributed by atoms with Gasteiger partial charge in [-0.15, -0.1) is 6.58 Å². The van der Waals surface area contributed by atoms with Crippen molar-refractivity contribution in [3.05, 3.63) is 12.7 Å². The van der Waals surface area contributed by atoms with Gasteiger partial charge >= 0.3 is 12.0 Å². The number of urea groups is 1. The Bertz CT molecular complexity index is 472. The van der Waals surface area contributed by atoms with Crippen molar-refractivity contribution in [2.75, 3.05) is 25.9 Å². The maximum Gasteiger partial charge on any atom is 0.323 e. The Labute approximate surface area is 118 Å². The summed E-state index contributed by atoms with van der Waals surface area (Å²) in [6, 6.07) is -0.601. The van der Waals surface area contributed by atoms with Crippen molar-refractivity contribution in [2.24, 2.45) is 0 Å². The number of hydrogen-bond donors (Lipinski definition) is 3. The highest BCUT2D eigenvalue weighted by Gasteiger charge is 2.24. The van der Waals surface area contributed by atoms with Gasteiger partial charge in [-0.2, -0.15) is 0 Å². The van der Waals surface area contributed by atoms with Crippen molar-refractivity contribution in [2.45, 2.75) is 19.4 Å². The number of hydrogen-bond acceptors (Lipinski definition) is 4. The maximum atomic E-state index is 11.8. The molecule has 0 rings (SSSR count). The summed E-state index contributed by atoms with van der Waals surface area (Å²) >= 11 is 0. The van der Waals surface area contributed by atoms with Crippen LogP contribution in [0.15, 0.2) is 12.7 Å². The molecular weight excluding hydrogens is 286 g/mol. The van der Waals surface area contributed by atoms with Crippen molar-refractivity contribution in [1.29, 1.82) is 0 Å². The van der Waals surface area contributed by atoms with Crippen molar-refractivity contribution >= 4 is 22.0 Å². The van der Waals surface area contributed by atoms with E-state index in [0.717, 1.165) is 11.2 Å². The highest BCUT2D eigenvalue weighted by molar-refractivity contribution is 7.88. The molecule has 116 valence electrons. The largest absolute Gasteiger partial charge is 0.480 e. The van der Waals surface area contributed by atoms with Gasteiger partial charge in [-0.05, 0) is 13.8 Å². The van der Waals surface area contributed by atoms with E-state index in [2.05, 4.69) is 16.6 Å². The van der Waals surface area contributed by atoms with Crippen molar-refractivity contribution in [1.82, 2.24) is 14.9 Å². The summed E-state index contributed by atoms with van der Waals surface area (Å²) in [5.41, 5.74) is -0.883. The first-order valence-electron chi connectivity index (χ1n) is 5.81. The lowest BCUT2D eigenvalue weighted by Crippen LogP contribution is -2.53. The number of rotatable bonds is 8. The van der Waals surface area contributed by atoms with E-state index < -0.39 is 34.1 Å². The van der Waals surface area contributed by atoms with E-state index in [1.165, 1.54) is 6.08 Å². The summed E-state index contributed by atoms with van der Waals surface area (Å²) in [6.45, 7) is 6.28. The van der Waals surface area contributed by atoms with Crippen molar-refractivity contribution in [3.8, 4) is 0 Å². The van der Waals surface area contributed by atoms with Crippen molar-refractivity contribution in [3.63, 3.8) is 0 Å². The van der Waals surface area contributed by atoms with Crippen LogP contribution in [0.2, 0.25) is 0 Å². The van der Waals surface area contributed by atoms with Crippen LogP contribution in [0.4, 0.5) is 4.79 Å².